The van der Waals surface area contributed by atoms with Crippen molar-refractivity contribution in [2.75, 3.05) is 13.6 Å². The molecule has 1 N–H and O–H groups in total. The predicted molar refractivity (Wildman–Crippen MR) is 87.0 cm³/mol. The maximum Gasteiger partial charge on any atom is 0.0973 e. The van der Waals surface area contributed by atoms with E-state index in [1.807, 2.05) is 54.5 Å². The molecule has 0 fully saturated rings. The number of nitrogens with one attached hydrogen (secondary N) is 1. The van der Waals surface area contributed by atoms with Gasteiger partial charge in [0, 0.05) is 29.6 Å². The predicted octanol–water partition coefficient (Wildman–Crippen LogP) is 3.32. The van der Waals surface area contributed by atoms with Gasteiger partial charge in [-0.05, 0) is 19.2 Å². The van der Waals surface area contributed by atoms with Gasteiger partial charge in [-0.2, -0.15) is 5.10 Å². The summed E-state index contributed by atoms with van der Waals surface area (Å²) in [5.74, 6) is 0.429. The van der Waals surface area contributed by atoms with Crippen molar-refractivity contribution in [1.82, 2.24) is 20.1 Å². The summed E-state index contributed by atoms with van der Waals surface area (Å²) < 4.78 is 1.88. The zero-order valence-corrected chi connectivity index (χ0v) is 13.0. The minimum Gasteiger partial charge on any atom is -0.319 e. The van der Waals surface area contributed by atoms with Crippen molar-refractivity contribution >= 4 is 11.3 Å². The summed E-state index contributed by atoms with van der Waals surface area (Å²) in [6, 6.07) is 10.1. The molecule has 1 aromatic carbocycles. The van der Waals surface area contributed by atoms with E-state index in [2.05, 4.69) is 22.7 Å². The van der Waals surface area contributed by atoms with E-state index in [0.29, 0.717) is 5.92 Å². The first kappa shape index (κ1) is 14.0. The highest BCUT2D eigenvalue weighted by molar-refractivity contribution is 7.10. The van der Waals surface area contributed by atoms with E-state index in [4.69, 9.17) is 4.98 Å². The second-order valence-corrected chi connectivity index (χ2v) is 5.93. The third-order valence-corrected chi connectivity index (χ3v) is 4.43. The lowest BCUT2D eigenvalue weighted by molar-refractivity contribution is 0.674. The fourth-order valence-electron chi connectivity index (χ4n) is 2.22. The minimum atomic E-state index is 0.429. The van der Waals surface area contributed by atoms with Gasteiger partial charge >= 0.3 is 0 Å². The van der Waals surface area contributed by atoms with E-state index < -0.39 is 0 Å². The number of hydrogen-bond donors (Lipinski definition) is 1. The van der Waals surface area contributed by atoms with Crippen LogP contribution in [0, 0.1) is 0 Å². The second-order valence-electron chi connectivity index (χ2n) is 5.04. The lowest BCUT2D eigenvalue weighted by Crippen LogP contribution is -2.14. The average molecular weight is 298 g/mol. The van der Waals surface area contributed by atoms with Gasteiger partial charge in [0.05, 0.1) is 22.6 Å². The van der Waals surface area contributed by atoms with Crippen LogP contribution in [0.4, 0.5) is 0 Å². The van der Waals surface area contributed by atoms with Crippen LogP contribution in [-0.2, 0) is 0 Å². The molecule has 0 aliphatic heterocycles. The number of hydrogen-bond acceptors (Lipinski definition) is 4. The van der Waals surface area contributed by atoms with Crippen LogP contribution < -0.4 is 5.32 Å². The quantitative estimate of drug-likeness (QED) is 0.786. The van der Waals surface area contributed by atoms with Gasteiger partial charge in [-0.3, -0.25) is 0 Å². The number of aromatic nitrogens is 3. The molecule has 4 nitrogen and oxygen atoms in total. The average Bonchev–Trinajstić information content (AvgIpc) is 3.17. The molecule has 0 aliphatic rings. The van der Waals surface area contributed by atoms with Crippen LogP contribution in [0.25, 0.3) is 16.9 Å². The van der Waals surface area contributed by atoms with Crippen molar-refractivity contribution in [3.05, 3.63) is 53.1 Å². The van der Waals surface area contributed by atoms with E-state index in [9.17, 15) is 0 Å². The van der Waals surface area contributed by atoms with Gasteiger partial charge in [-0.25, -0.2) is 9.67 Å². The first-order valence-electron chi connectivity index (χ1n) is 6.98. The zero-order chi connectivity index (χ0) is 14.7. The van der Waals surface area contributed by atoms with Crippen LogP contribution in [0.3, 0.4) is 0 Å². The first-order valence-corrected chi connectivity index (χ1v) is 7.86. The lowest BCUT2D eigenvalue weighted by Gasteiger charge is -2.05. The number of thiazole rings is 1. The Balaban J connectivity index is 1.84. The van der Waals surface area contributed by atoms with E-state index in [1.165, 1.54) is 0 Å². The Labute approximate surface area is 128 Å². The summed E-state index contributed by atoms with van der Waals surface area (Å²) in [6.45, 7) is 3.13. The van der Waals surface area contributed by atoms with Crippen LogP contribution in [-0.4, -0.2) is 28.4 Å². The molecular weight excluding hydrogens is 280 g/mol. The highest BCUT2D eigenvalue weighted by atomic mass is 32.1. The monoisotopic (exact) mass is 298 g/mol. The Morgan fingerprint density at radius 1 is 1.29 bits per heavy atom. The molecular formula is C16H18N4S. The number of likely N-dealkylation sites (N-methyl/N-ethyl adjacent to an activating group) is 1. The summed E-state index contributed by atoms with van der Waals surface area (Å²) in [7, 11) is 1.97. The van der Waals surface area contributed by atoms with E-state index in [-0.39, 0.29) is 0 Å². The summed E-state index contributed by atoms with van der Waals surface area (Å²) in [6.07, 6.45) is 3.89. The molecule has 0 radical (unpaired) electrons. The van der Waals surface area contributed by atoms with Crippen LogP contribution in [0.2, 0.25) is 0 Å². The molecule has 0 amide bonds. The SMILES string of the molecule is CNCC(C)c1nc(-c2cnn(-c3ccccc3)c2)cs1. The van der Waals surface area contributed by atoms with Crippen LogP contribution >= 0.6 is 11.3 Å². The molecule has 0 spiro atoms. The van der Waals surface area contributed by atoms with E-state index in [1.54, 1.807) is 11.3 Å². The summed E-state index contributed by atoms with van der Waals surface area (Å²) >= 11 is 1.71. The molecule has 5 heteroatoms. The number of nitrogens with zero attached hydrogens (tertiary/aromatic N) is 3. The Morgan fingerprint density at radius 2 is 2.10 bits per heavy atom. The highest BCUT2D eigenvalue weighted by Crippen LogP contribution is 2.26. The van der Waals surface area contributed by atoms with Crippen LogP contribution in [0.1, 0.15) is 17.8 Å². The van der Waals surface area contributed by atoms with Gasteiger partial charge < -0.3 is 5.32 Å². The smallest absolute Gasteiger partial charge is 0.0973 e. The molecule has 3 rings (SSSR count). The topological polar surface area (TPSA) is 42.7 Å². The highest BCUT2D eigenvalue weighted by Gasteiger charge is 2.12. The summed E-state index contributed by atoms with van der Waals surface area (Å²) in [5.41, 5.74) is 3.11. The molecule has 3 aromatic rings. The lowest BCUT2D eigenvalue weighted by atomic mass is 10.2. The second kappa shape index (κ2) is 6.20. The molecule has 21 heavy (non-hydrogen) atoms. The van der Waals surface area contributed by atoms with Gasteiger partial charge in [0.25, 0.3) is 0 Å². The standard InChI is InChI=1S/C16H18N4S/c1-12(8-17-2)16-19-15(11-21-16)13-9-18-20(10-13)14-6-4-3-5-7-14/h3-7,9-12,17H,8H2,1-2H3. The van der Waals surface area contributed by atoms with Crippen molar-refractivity contribution in [2.24, 2.45) is 0 Å². The molecule has 0 bridgehead atoms. The Bertz CT molecular complexity index is 702. The van der Waals surface area contributed by atoms with Crippen molar-refractivity contribution in [3.8, 4) is 16.9 Å². The number of para-hydroxylation sites is 1. The van der Waals surface area contributed by atoms with E-state index in [0.717, 1.165) is 28.5 Å². The molecule has 1 unspecified atom stereocenters. The van der Waals surface area contributed by atoms with Crippen molar-refractivity contribution in [2.45, 2.75) is 12.8 Å². The van der Waals surface area contributed by atoms with Crippen molar-refractivity contribution in [1.29, 1.82) is 0 Å². The largest absolute Gasteiger partial charge is 0.319 e. The van der Waals surface area contributed by atoms with Gasteiger partial charge in [-0.15, -0.1) is 11.3 Å². The first-order chi connectivity index (χ1) is 10.3. The molecule has 2 aromatic heterocycles. The van der Waals surface area contributed by atoms with Gasteiger partial charge in [0.1, 0.15) is 0 Å². The Morgan fingerprint density at radius 3 is 2.86 bits per heavy atom. The van der Waals surface area contributed by atoms with Gasteiger partial charge in [0.2, 0.25) is 0 Å². The molecule has 108 valence electrons. The molecule has 0 saturated carbocycles. The maximum atomic E-state index is 4.73. The van der Waals surface area contributed by atoms with Gasteiger partial charge in [0.15, 0.2) is 0 Å². The Hall–Kier alpha value is -1.98. The maximum absolute atomic E-state index is 4.73. The fourth-order valence-corrected chi connectivity index (χ4v) is 3.10. The minimum absolute atomic E-state index is 0.429. The zero-order valence-electron chi connectivity index (χ0n) is 12.2. The van der Waals surface area contributed by atoms with Crippen LogP contribution in [0.5, 0.6) is 0 Å². The van der Waals surface area contributed by atoms with Crippen molar-refractivity contribution < 1.29 is 0 Å². The molecule has 1 atom stereocenters. The number of benzene rings is 1. The van der Waals surface area contributed by atoms with Crippen LogP contribution in [0.15, 0.2) is 48.1 Å². The molecule has 0 aliphatic carbocycles. The van der Waals surface area contributed by atoms with E-state index >= 15 is 0 Å². The molecule has 0 saturated heterocycles. The van der Waals surface area contributed by atoms with Crippen molar-refractivity contribution in [3.63, 3.8) is 0 Å². The summed E-state index contributed by atoms with van der Waals surface area (Å²) in [5, 5.41) is 10.9. The normalized spacial score (nSPS) is 12.5. The number of rotatable bonds is 5. The third-order valence-electron chi connectivity index (χ3n) is 3.35. The molecule has 2 heterocycles. The summed E-state index contributed by atoms with van der Waals surface area (Å²) in [4.78, 5) is 4.73. The third kappa shape index (κ3) is 3.04. The van der Waals surface area contributed by atoms with Gasteiger partial charge in [-0.1, -0.05) is 25.1 Å². The Kier molecular flexibility index (Phi) is 4.13. The fraction of sp³-hybridized carbons (Fsp3) is 0.250.